The number of allylic oxidation sites excluding steroid dienone is 6. The third kappa shape index (κ3) is 17.5. The number of ether oxygens (including phenoxy) is 1. The van der Waals surface area contributed by atoms with E-state index in [1.807, 2.05) is 0 Å². The van der Waals surface area contributed by atoms with Crippen molar-refractivity contribution in [2.24, 2.45) is 0 Å². The molecule has 0 aromatic heterocycles. The van der Waals surface area contributed by atoms with Crippen LogP contribution in [0.2, 0.25) is 0 Å². The van der Waals surface area contributed by atoms with E-state index in [0.717, 1.165) is 51.4 Å². The molecule has 2 heteroatoms. The van der Waals surface area contributed by atoms with Gasteiger partial charge in [0.15, 0.2) is 0 Å². The Bertz CT molecular complexity index is 393. The number of carbonyl (C=O) groups is 1. The molecule has 1 unspecified atom stereocenters. The van der Waals surface area contributed by atoms with Gasteiger partial charge in [-0.2, -0.15) is 0 Å². The van der Waals surface area contributed by atoms with E-state index in [-0.39, 0.29) is 12.1 Å². The van der Waals surface area contributed by atoms with E-state index in [0.29, 0.717) is 6.42 Å². The third-order valence-corrected chi connectivity index (χ3v) is 4.40. The van der Waals surface area contributed by atoms with E-state index in [1.165, 1.54) is 25.7 Å². The molecule has 0 N–H and O–H groups in total. The first-order valence-electron chi connectivity index (χ1n) is 10.9. The highest BCUT2D eigenvalue weighted by atomic mass is 16.5. The standard InChI is InChI=1S/C24H42O2/c1-4-7-8-9-10-11-12-13-14-15-16-17-18-19-20-22-24(25)26-23(6-3)21-5-2/h7-8,10-11,13-14,23H,4-6,9,12,15-22H2,1-3H3/b8-7-,11-10-,14-13-. The van der Waals surface area contributed by atoms with Crippen LogP contribution in [0.15, 0.2) is 36.5 Å². The highest BCUT2D eigenvalue weighted by Crippen LogP contribution is 2.11. The maximum atomic E-state index is 11.8. The Morgan fingerprint density at radius 2 is 1.42 bits per heavy atom. The number of carbonyl (C=O) groups excluding carboxylic acids is 1. The van der Waals surface area contributed by atoms with Gasteiger partial charge in [0.2, 0.25) is 0 Å². The summed E-state index contributed by atoms with van der Waals surface area (Å²) in [5, 5.41) is 0. The average molecular weight is 363 g/mol. The topological polar surface area (TPSA) is 26.3 Å². The second-order valence-electron chi connectivity index (χ2n) is 6.91. The monoisotopic (exact) mass is 362 g/mol. The number of hydrogen-bond donors (Lipinski definition) is 0. The number of unbranched alkanes of at least 4 members (excludes halogenated alkanes) is 5. The Labute approximate surface area is 162 Å². The largest absolute Gasteiger partial charge is 0.462 e. The summed E-state index contributed by atoms with van der Waals surface area (Å²) in [6.45, 7) is 6.38. The van der Waals surface area contributed by atoms with Crippen LogP contribution in [0.1, 0.15) is 104 Å². The fourth-order valence-electron chi connectivity index (χ4n) is 2.80. The maximum Gasteiger partial charge on any atom is 0.306 e. The molecule has 0 bridgehead atoms. The van der Waals surface area contributed by atoms with Gasteiger partial charge in [0.1, 0.15) is 6.10 Å². The molecule has 0 radical (unpaired) electrons. The van der Waals surface area contributed by atoms with Crippen LogP contribution in [0.25, 0.3) is 0 Å². The van der Waals surface area contributed by atoms with Crippen LogP contribution >= 0.6 is 0 Å². The molecule has 0 spiro atoms. The Kier molecular flexibility index (Phi) is 19.0. The van der Waals surface area contributed by atoms with E-state index >= 15 is 0 Å². The lowest BCUT2D eigenvalue weighted by atomic mass is 10.1. The summed E-state index contributed by atoms with van der Waals surface area (Å²) in [4.78, 5) is 11.8. The van der Waals surface area contributed by atoms with Crippen LogP contribution in [0.5, 0.6) is 0 Å². The fraction of sp³-hybridized carbons (Fsp3) is 0.708. The minimum absolute atomic E-state index is 0.00790. The number of esters is 1. The van der Waals surface area contributed by atoms with E-state index in [2.05, 4.69) is 57.2 Å². The van der Waals surface area contributed by atoms with Crippen molar-refractivity contribution in [2.45, 2.75) is 110 Å². The molecule has 0 fully saturated rings. The molecule has 0 aliphatic carbocycles. The predicted molar refractivity (Wildman–Crippen MR) is 114 cm³/mol. The van der Waals surface area contributed by atoms with Crippen molar-refractivity contribution in [1.29, 1.82) is 0 Å². The molecule has 0 aliphatic rings. The van der Waals surface area contributed by atoms with E-state index in [4.69, 9.17) is 4.74 Å². The minimum atomic E-state index is -0.00790. The van der Waals surface area contributed by atoms with Crippen LogP contribution in [-0.2, 0) is 9.53 Å². The van der Waals surface area contributed by atoms with Crippen molar-refractivity contribution in [2.75, 3.05) is 0 Å². The summed E-state index contributed by atoms with van der Waals surface area (Å²) in [5.74, 6) is -0.00790. The highest BCUT2D eigenvalue weighted by Gasteiger charge is 2.10. The van der Waals surface area contributed by atoms with Crippen molar-refractivity contribution in [3.05, 3.63) is 36.5 Å². The first kappa shape index (κ1) is 24.7. The van der Waals surface area contributed by atoms with Gasteiger partial charge < -0.3 is 4.74 Å². The lowest BCUT2D eigenvalue weighted by molar-refractivity contribution is -0.149. The second-order valence-corrected chi connectivity index (χ2v) is 6.91. The molecule has 0 saturated carbocycles. The molecule has 1 atom stereocenters. The zero-order valence-electron chi connectivity index (χ0n) is 17.6. The summed E-state index contributed by atoms with van der Waals surface area (Å²) in [6, 6.07) is 0. The van der Waals surface area contributed by atoms with Crippen LogP contribution in [0.4, 0.5) is 0 Å². The molecule has 2 nitrogen and oxygen atoms in total. The molecule has 0 aromatic rings. The maximum absolute atomic E-state index is 11.8. The zero-order chi connectivity index (χ0) is 19.3. The van der Waals surface area contributed by atoms with Crippen molar-refractivity contribution in [1.82, 2.24) is 0 Å². The summed E-state index contributed by atoms with van der Waals surface area (Å²) >= 11 is 0. The molecular formula is C24H42O2. The summed E-state index contributed by atoms with van der Waals surface area (Å²) in [5.41, 5.74) is 0. The second kappa shape index (κ2) is 20.0. The third-order valence-electron chi connectivity index (χ3n) is 4.40. The van der Waals surface area contributed by atoms with Gasteiger partial charge in [0, 0.05) is 6.42 Å². The molecule has 0 saturated heterocycles. The van der Waals surface area contributed by atoms with Gasteiger partial charge in [-0.05, 0) is 51.4 Å². The fourth-order valence-corrected chi connectivity index (χ4v) is 2.80. The van der Waals surface area contributed by atoms with Crippen molar-refractivity contribution >= 4 is 5.97 Å². The van der Waals surface area contributed by atoms with Gasteiger partial charge in [-0.1, -0.05) is 82.9 Å². The van der Waals surface area contributed by atoms with Gasteiger partial charge in [-0.25, -0.2) is 0 Å². The van der Waals surface area contributed by atoms with Crippen molar-refractivity contribution in [3.8, 4) is 0 Å². The van der Waals surface area contributed by atoms with E-state index < -0.39 is 0 Å². The average Bonchev–Trinajstić information content (AvgIpc) is 2.64. The van der Waals surface area contributed by atoms with E-state index in [9.17, 15) is 4.79 Å². The summed E-state index contributed by atoms with van der Waals surface area (Å²) in [7, 11) is 0. The van der Waals surface area contributed by atoms with Gasteiger partial charge in [0.25, 0.3) is 0 Å². The lowest BCUT2D eigenvalue weighted by Crippen LogP contribution is -2.16. The van der Waals surface area contributed by atoms with Crippen LogP contribution in [0.3, 0.4) is 0 Å². The van der Waals surface area contributed by atoms with Crippen molar-refractivity contribution < 1.29 is 9.53 Å². The number of hydrogen-bond acceptors (Lipinski definition) is 2. The molecule has 26 heavy (non-hydrogen) atoms. The van der Waals surface area contributed by atoms with Crippen LogP contribution in [-0.4, -0.2) is 12.1 Å². The summed E-state index contributed by atoms with van der Waals surface area (Å²) in [6.07, 6.45) is 27.3. The molecule has 150 valence electrons. The Morgan fingerprint density at radius 1 is 0.808 bits per heavy atom. The zero-order valence-corrected chi connectivity index (χ0v) is 17.6. The summed E-state index contributed by atoms with van der Waals surface area (Å²) < 4.78 is 5.50. The Hall–Kier alpha value is -1.31. The molecular weight excluding hydrogens is 320 g/mol. The molecule has 0 aliphatic heterocycles. The van der Waals surface area contributed by atoms with Crippen molar-refractivity contribution in [3.63, 3.8) is 0 Å². The minimum Gasteiger partial charge on any atom is -0.462 e. The van der Waals surface area contributed by atoms with Gasteiger partial charge in [0.05, 0.1) is 0 Å². The Morgan fingerprint density at radius 3 is 2.08 bits per heavy atom. The first-order chi connectivity index (χ1) is 12.7. The smallest absolute Gasteiger partial charge is 0.306 e. The molecule has 0 aromatic carbocycles. The van der Waals surface area contributed by atoms with Crippen LogP contribution < -0.4 is 0 Å². The number of rotatable bonds is 17. The normalized spacial score (nSPS) is 13.2. The quantitative estimate of drug-likeness (QED) is 0.150. The Balaban J connectivity index is 3.44. The lowest BCUT2D eigenvalue weighted by Gasteiger charge is -2.15. The first-order valence-corrected chi connectivity index (χ1v) is 10.9. The van der Waals surface area contributed by atoms with Gasteiger partial charge >= 0.3 is 5.97 Å². The predicted octanol–water partition coefficient (Wildman–Crippen LogP) is 7.70. The highest BCUT2D eigenvalue weighted by molar-refractivity contribution is 5.69. The van der Waals surface area contributed by atoms with Gasteiger partial charge in [-0.3, -0.25) is 4.79 Å². The SMILES string of the molecule is CC/C=C\C/C=C\C/C=C\CCCCCCCC(=O)OC(CC)CCC. The van der Waals surface area contributed by atoms with Crippen LogP contribution in [0, 0.1) is 0 Å². The molecule has 0 rings (SSSR count). The molecule has 0 heterocycles. The molecule has 0 amide bonds. The van der Waals surface area contributed by atoms with Gasteiger partial charge in [-0.15, -0.1) is 0 Å². The van der Waals surface area contributed by atoms with E-state index in [1.54, 1.807) is 0 Å².